The Hall–Kier alpha value is -7.15. The fourth-order valence-corrected chi connectivity index (χ4v) is 8.36. The maximum absolute atomic E-state index is 14.8. The Labute approximate surface area is 432 Å². The number of carboxylic acids is 1. The minimum atomic E-state index is -1.04. The van der Waals surface area contributed by atoms with Crippen LogP contribution in [0, 0.1) is 19.8 Å². The van der Waals surface area contributed by atoms with E-state index in [0.717, 1.165) is 39.1 Å². The van der Waals surface area contributed by atoms with E-state index in [4.69, 9.17) is 19.0 Å². The zero-order valence-electron chi connectivity index (χ0n) is 44.1. The number of carbonyl (C=O) groups is 5. The number of amides is 4. The highest BCUT2D eigenvalue weighted by Crippen LogP contribution is 2.36. The highest BCUT2D eigenvalue weighted by molar-refractivity contribution is 6.03. The molecule has 0 saturated carbocycles. The summed E-state index contributed by atoms with van der Waals surface area (Å²) in [7, 11) is 0. The number of unbranched alkanes of at least 4 members (excludes halogenated alkanes) is 2. The molecule has 0 spiro atoms. The maximum Gasteiger partial charge on any atom is 0.303 e. The van der Waals surface area contributed by atoms with Gasteiger partial charge in [0.1, 0.15) is 17.5 Å². The largest absolute Gasteiger partial charge is 0.493 e. The molecule has 5 rings (SSSR count). The number of rotatable bonds is 28. The van der Waals surface area contributed by atoms with Gasteiger partial charge < -0.3 is 39.8 Å². The van der Waals surface area contributed by atoms with Crippen LogP contribution < -0.4 is 25.4 Å². The summed E-state index contributed by atoms with van der Waals surface area (Å²) in [4.78, 5) is 67.2. The van der Waals surface area contributed by atoms with Crippen LogP contribution in [0.2, 0.25) is 0 Å². The number of carbonyl (C=O) groups excluding carboxylic acids is 4. The number of nitrogens with zero attached hydrogens (tertiary/aromatic N) is 1. The molecule has 0 saturated heterocycles. The third kappa shape index (κ3) is 18.1. The molecule has 4 N–H and O–H groups in total. The van der Waals surface area contributed by atoms with Crippen molar-refractivity contribution >= 4 is 41.4 Å². The second-order valence-electron chi connectivity index (χ2n) is 20.1. The van der Waals surface area contributed by atoms with Crippen molar-refractivity contribution in [3.63, 3.8) is 0 Å². The fourth-order valence-electron chi connectivity index (χ4n) is 8.36. The number of hydrogen-bond acceptors (Lipinski definition) is 8. The van der Waals surface area contributed by atoms with Crippen LogP contribution in [0.25, 0.3) is 6.08 Å². The van der Waals surface area contributed by atoms with E-state index in [1.165, 1.54) is 11.8 Å². The highest BCUT2D eigenvalue weighted by atomic mass is 16.5. The van der Waals surface area contributed by atoms with Crippen molar-refractivity contribution in [3.05, 3.63) is 148 Å². The summed E-state index contributed by atoms with van der Waals surface area (Å²) in [5.74, 6) is -0.0941. The molecule has 1 unspecified atom stereocenters. The lowest BCUT2D eigenvalue weighted by Gasteiger charge is -2.30. The molecule has 1 heterocycles. The SMILES string of the molecule is CCCNC(=O)C(CCCCNC(=O)CCC(=O)O)N(CCCCc1cccc(NC(=O)c2ccco2)c1Oc1ccc(C(C)(C)C)cc1)C(=O)/C=C/c1cccc(OCC(C)C)c1Cc1ccc(C)cc1C. The molecular formula is C60H76N4O9. The van der Waals surface area contributed by atoms with E-state index in [2.05, 4.69) is 82.6 Å². The lowest BCUT2D eigenvalue weighted by molar-refractivity contribution is -0.138. The van der Waals surface area contributed by atoms with Gasteiger partial charge in [0, 0.05) is 44.1 Å². The Balaban J connectivity index is 1.45. The third-order valence-corrected chi connectivity index (χ3v) is 12.4. The van der Waals surface area contributed by atoms with Gasteiger partial charge >= 0.3 is 5.97 Å². The minimum absolute atomic E-state index is 0.0570. The average Bonchev–Trinajstić information content (AvgIpc) is 3.90. The van der Waals surface area contributed by atoms with Crippen LogP contribution >= 0.6 is 0 Å². The summed E-state index contributed by atoms with van der Waals surface area (Å²) < 4.78 is 18.3. The van der Waals surface area contributed by atoms with Gasteiger partial charge in [0.15, 0.2) is 11.5 Å². The maximum atomic E-state index is 14.8. The first-order valence-corrected chi connectivity index (χ1v) is 25.7. The Morgan fingerprint density at radius 2 is 1.59 bits per heavy atom. The zero-order chi connectivity index (χ0) is 52.9. The second kappa shape index (κ2) is 28.2. The molecule has 5 aromatic rings. The number of aliphatic carboxylic acids is 1. The molecule has 13 nitrogen and oxygen atoms in total. The van der Waals surface area contributed by atoms with E-state index in [1.54, 1.807) is 29.2 Å². The lowest BCUT2D eigenvalue weighted by atomic mass is 9.87. The topological polar surface area (TPSA) is 177 Å². The molecule has 4 amide bonds. The number of carboxylic acid groups (broad SMARTS) is 1. The fraction of sp³-hybridized carbons (Fsp3) is 0.417. The van der Waals surface area contributed by atoms with Gasteiger partial charge in [0.25, 0.3) is 5.91 Å². The van der Waals surface area contributed by atoms with Gasteiger partial charge in [-0.1, -0.05) is 102 Å². The highest BCUT2D eigenvalue weighted by Gasteiger charge is 2.29. The molecule has 4 aromatic carbocycles. The number of aryl methyl sites for hydroxylation is 3. The van der Waals surface area contributed by atoms with Gasteiger partial charge in [-0.25, -0.2) is 0 Å². The minimum Gasteiger partial charge on any atom is -0.493 e. The molecule has 0 radical (unpaired) electrons. The standard InChI is InChI=1S/C60H76N4O9/c1-9-34-62-58(69)51(21-10-12-35-61-54(65)31-33-56(67)68)64(55(66)32-26-44-18-15-22-52(72-40-41(2)3)49(44)39-46-25-24-42(4)38-43(46)5)36-13-11-17-45-19-14-20-50(63-59(70)53-23-16-37-71-53)57(45)73-48-29-27-47(28-30-48)60(6,7)8/h14-16,18-20,22-30,32,37-38,41,51H,9-13,17,21,31,33-36,39-40H2,1-8H3,(H,61,65)(H,62,69)(H,63,70)(H,67,68)/b32-26+. The molecule has 0 aliphatic carbocycles. The van der Waals surface area contributed by atoms with Gasteiger partial charge in [-0.2, -0.15) is 0 Å². The quantitative estimate of drug-likeness (QED) is 0.0281. The number of benzene rings is 4. The zero-order valence-corrected chi connectivity index (χ0v) is 44.1. The molecule has 0 aliphatic heterocycles. The molecule has 0 aliphatic rings. The Morgan fingerprint density at radius 1 is 0.822 bits per heavy atom. The molecular weight excluding hydrogens is 921 g/mol. The van der Waals surface area contributed by atoms with Crippen molar-refractivity contribution in [1.82, 2.24) is 15.5 Å². The third-order valence-electron chi connectivity index (χ3n) is 12.4. The van der Waals surface area contributed by atoms with Crippen molar-refractivity contribution in [2.24, 2.45) is 5.92 Å². The van der Waals surface area contributed by atoms with Gasteiger partial charge in [-0.3, -0.25) is 24.0 Å². The molecule has 1 atom stereocenters. The van der Waals surface area contributed by atoms with E-state index in [0.29, 0.717) is 94.2 Å². The Bertz CT molecular complexity index is 2630. The number of nitrogens with one attached hydrogen (secondary N) is 3. The van der Waals surface area contributed by atoms with Crippen LogP contribution in [0.5, 0.6) is 17.2 Å². The Kier molecular flexibility index (Phi) is 21.9. The lowest BCUT2D eigenvalue weighted by Crippen LogP contribution is -2.49. The van der Waals surface area contributed by atoms with Crippen LogP contribution in [0.4, 0.5) is 5.69 Å². The van der Waals surface area contributed by atoms with Crippen LogP contribution in [0.3, 0.4) is 0 Å². The molecule has 390 valence electrons. The van der Waals surface area contributed by atoms with Gasteiger partial charge in [0.05, 0.1) is 25.0 Å². The summed E-state index contributed by atoms with van der Waals surface area (Å²) >= 11 is 0. The average molecular weight is 997 g/mol. The van der Waals surface area contributed by atoms with Crippen molar-refractivity contribution in [1.29, 1.82) is 0 Å². The van der Waals surface area contributed by atoms with Crippen molar-refractivity contribution < 1.29 is 43.0 Å². The predicted octanol–water partition coefficient (Wildman–Crippen LogP) is 11.8. The smallest absolute Gasteiger partial charge is 0.303 e. The summed E-state index contributed by atoms with van der Waals surface area (Å²) in [5, 5.41) is 17.8. The summed E-state index contributed by atoms with van der Waals surface area (Å²) in [6, 6.07) is 28.2. The van der Waals surface area contributed by atoms with Crippen LogP contribution in [-0.2, 0) is 37.4 Å². The first-order valence-electron chi connectivity index (χ1n) is 25.7. The number of anilines is 1. The van der Waals surface area contributed by atoms with E-state index in [1.807, 2.05) is 67.6 Å². The number of hydrogen-bond donors (Lipinski definition) is 4. The van der Waals surface area contributed by atoms with Gasteiger partial charge in [-0.05, 0) is 140 Å². The van der Waals surface area contributed by atoms with Crippen molar-refractivity contribution in [2.75, 3.05) is 31.6 Å². The van der Waals surface area contributed by atoms with Crippen molar-refractivity contribution in [2.45, 2.75) is 131 Å². The van der Waals surface area contributed by atoms with Crippen LogP contribution in [0.15, 0.2) is 108 Å². The second-order valence-corrected chi connectivity index (χ2v) is 20.1. The van der Waals surface area contributed by atoms with E-state index < -0.39 is 17.9 Å². The van der Waals surface area contributed by atoms with Gasteiger partial charge in [-0.15, -0.1) is 0 Å². The monoisotopic (exact) mass is 997 g/mol. The van der Waals surface area contributed by atoms with Crippen LogP contribution in [-0.4, -0.2) is 71.9 Å². The summed E-state index contributed by atoms with van der Waals surface area (Å²) in [6.07, 6.45) is 8.76. The molecule has 13 heteroatoms. The van der Waals surface area contributed by atoms with Gasteiger partial charge in [0.2, 0.25) is 17.7 Å². The summed E-state index contributed by atoms with van der Waals surface area (Å²) in [6.45, 7) is 18.3. The predicted molar refractivity (Wildman–Crippen MR) is 288 cm³/mol. The first kappa shape index (κ1) is 56.8. The number of para-hydroxylation sites is 1. The van der Waals surface area contributed by atoms with Crippen molar-refractivity contribution in [3.8, 4) is 17.2 Å². The normalized spacial score (nSPS) is 11.8. The van der Waals surface area contributed by atoms with E-state index >= 15 is 0 Å². The first-order chi connectivity index (χ1) is 34.9. The number of furan rings is 1. The summed E-state index contributed by atoms with van der Waals surface area (Å²) in [5.41, 5.74) is 7.69. The van der Waals surface area contributed by atoms with Crippen LogP contribution in [0.1, 0.15) is 142 Å². The van der Waals surface area contributed by atoms with E-state index in [-0.39, 0.29) is 48.3 Å². The Morgan fingerprint density at radius 3 is 2.27 bits per heavy atom. The van der Waals surface area contributed by atoms with E-state index in [9.17, 15) is 24.0 Å². The number of ether oxygens (including phenoxy) is 2. The molecule has 0 bridgehead atoms. The molecule has 1 aromatic heterocycles. The molecule has 0 fully saturated rings. The molecule has 73 heavy (non-hydrogen) atoms.